The van der Waals surface area contributed by atoms with Crippen molar-refractivity contribution in [1.29, 1.82) is 0 Å². The summed E-state index contributed by atoms with van der Waals surface area (Å²) in [6, 6.07) is 3.88. The van der Waals surface area contributed by atoms with Crippen LogP contribution in [0.15, 0.2) is 33.3 Å². The van der Waals surface area contributed by atoms with Gasteiger partial charge in [0.25, 0.3) is 0 Å². The zero-order valence-electron chi connectivity index (χ0n) is 10.2. The molecule has 0 aliphatic heterocycles. The molecule has 90 valence electrons. The highest BCUT2D eigenvalue weighted by Crippen LogP contribution is 2.14. The highest BCUT2D eigenvalue weighted by molar-refractivity contribution is 7.13. The molecule has 0 aliphatic carbocycles. The van der Waals surface area contributed by atoms with Gasteiger partial charge in [-0.2, -0.15) is 0 Å². The Morgan fingerprint density at radius 2 is 2.35 bits per heavy atom. The Hall–Kier alpha value is -1.62. The summed E-state index contributed by atoms with van der Waals surface area (Å²) in [4.78, 5) is 0. The third-order valence-corrected chi connectivity index (χ3v) is 3.28. The quantitative estimate of drug-likeness (QED) is 0.515. The minimum absolute atomic E-state index is 0.725. The fourth-order valence-corrected chi connectivity index (χ4v) is 2.27. The van der Waals surface area contributed by atoms with Crippen LogP contribution in [0.3, 0.4) is 0 Å². The average Bonchev–Trinajstić information content (AvgIpc) is 2.89. The van der Waals surface area contributed by atoms with Crippen molar-refractivity contribution in [3.8, 4) is 0 Å². The summed E-state index contributed by atoms with van der Waals surface area (Å²) in [7, 11) is 0. The van der Waals surface area contributed by atoms with Crippen LogP contribution in [0.5, 0.6) is 0 Å². The van der Waals surface area contributed by atoms with Gasteiger partial charge in [-0.15, -0.1) is 5.43 Å². The number of hydrazone groups is 1. The van der Waals surface area contributed by atoms with Gasteiger partial charge in [-0.05, 0) is 32.9 Å². The lowest BCUT2D eigenvalue weighted by atomic mass is 10.4. The van der Waals surface area contributed by atoms with E-state index in [4.69, 9.17) is 4.42 Å². The molecule has 17 heavy (non-hydrogen) atoms. The predicted octanol–water partition coefficient (Wildman–Crippen LogP) is 2.79. The fourth-order valence-electron chi connectivity index (χ4n) is 1.43. The summed E-state index contributed by atoms with van der Waals surface area (Å²) in [6.45, 7) is 6.73. The summed E-state index contributed by atoms with van der Waals surface area (Å²) in [5, 5.41) is 7.34. The predicted molar refractivity (Wildman–Crippen MR) is 69.5 cm³/mol. The maximum Gasteiger partial charge on any atom is 0.359 e. The summed E-state index contributed by atoms with van der Waals surface area (Å²) in [5.74, 6) is 0.941. The van der Waals surface area contributed by atoms with Gasteiger partial charge < -0.3 is 4.42 Å². The molecule has 2 rings (SSSR count). The number of anilines is 1. The number of rotatable bonds is 4. The van der Waals surface area contributed by atoms with E-state index in [1.54, 1.807) is 17.6 Å². The number of aryl methyl sites for hydroxylation is 1. The van der Waals surface area contributed by atoms with Gasteiger partial charge in [0.2, 0.25) is 0 Å². The van der Waals surface area contributed by atoms with Crippen molar-refractivity contribution in [2.45, 2.75) is 27.3 Å². The smallest absolute Gasteiger partial charge is 0.359 e. The first-order valence-electron chi connectivity index (χ1n) is 5.44. The molecule has 0 radical (unpaired) electrons. The second-order valence-corrected chi connectivity index (χ2v) is 4.88. The van der Waals surface area contributed by atoms with Gasteiger partial charge in [-0.25, -0.2) is 4.57 Å². The van der Waals surface area contributed by atoms with E-state index in [9.17, 15) is 0 Å². The molecule has 4 nitrogen and oxygen atoms in total. The molecule has 2 aromatic rings. The molecule has 0 fully saturated rings. The first-order chi connectivity index (χ1) is 8.16. The van der Waals surface area contributed by atoms with Crippen LogP contribution in [0.4, 0.5) is 5.13 Å². The van der Waals surface area contributed by atoms with Crippen LogP contribution < -0.4 is 9.99 Å². The summed E-state index contributed by atoms with van der Waals surface area (Å²) < 4.78 is 7.51. The Balaban J connectivity index is 2.20. The van der Waals surface area contributed by atoms with Gasteiger partial charge in [-0.3, -0.25) is 0 Å². The SMILES string of the molecule is CC(C)=NNc1scc(C)[n+]1Cc1ccco1. The highest BCUT2D eigenvalue weighted by atomic mass is 32.1. The number of nitrogens with zero attached hydrogens (tertiary/aromatic N) is 2. The highest BCUT2D eigenvalue weighted by Gasteiger charge is 2.16. The molecule has 0 unspecified atom stereocenters. The second-order valence-electron chi connectivity index (χ2n) is 4.02. The first-order valence-corrected chi connectivity index (χ1v) is 6.32. The number of hydrogen-bond donors (Lipinski definition) is 1. The molecule has 2 aromatic heterocycles. The molecule has 0 atom stereocenters. The second kappa shape index (κ2) is 5.14. The Labute approximate surface area is 105 Å². The summed E-state index contributed by atoms with van der Waals surface area (Å²) in [6.07, 6.45) is 1.69. The zero-order chi connectivity index (χ0) is 12.3. The Kier molecular flexibility index (Phi) is 3.58. The number of aromatic nitrogens is 1. The van der Waals surface area contributed by atoms with E-state index in [1.165, 1.54) is 5.69 Å². The van der Waals surface area contributed by atoms with Crippen molar-refractivity contribution in [2.24, 2.45) is 5.10 Å². The number of nitrogens with one attached hydrogen (secondary N) is 1. The maximum absolute atomic E-state index is 5.36. The third-order valence-electron chi connectivity index (χ3n) is 2.28. The minimum Gasteiger partial charge on any atom is -0.465 e. The maximum atomic E-state index is 5.36. The van der Waals surface area contributed by atoms with Crippen LogP contribution in [0, 0.1) is 6.92 Å². The lowest BCUT2D eigenvalue weighted by Gasteiger charge is -1.99. The molecule has 0 amide bonds. The van der Waals surface area contributed by atoms with Crippen molar-refractivity contribution in [3.63, 3.8) is 0 Å². The Morgan fingerprint density at radius 3 is 3.00 bits per heavy atom. The average molecular weight is 250 g/mol. The van der Waals surface area contributed by atoms with Gasteiger partial charge >= 0.3 is 5.13 Å². The lowest BCUT2D eigenvalue weighted by molar-refractivity contribution is -0.677. The molecule has 1 N–H and O–H groups in total. The minimum atomic E-state index is 0.725. The largest absolute Gasteiger partial charge is 0.465 e. The van der Waals surface area contributed by atoms with Crippen molar-refractivity contribution in [3.05, 3.63) is 35.2 Å². The van der Waals surface area contributed by atoms with E-state index in [-0.39, 0.29) is 0 Å². The zero-order valence-corrected chi connectivity index (χ0v) is 11.0. The normalized spacial score (nSPS) is 10.3. The lowest BCUT2D eigenvalue weighted by Crippen LogP contribution is -2.37. The van der Waals surface area contributed by atoms with Crippen molar-refractivity contribution < 1.29 is 8.98 Å². The molecule has 0 saturated carbocycles. The molecule has 0 saturated heterocycles. The molecule has 2 heterocycles. The molecule has 0 bridgehead atoms. The van der Waals surface area contributed by atoms with Crippen LogP contribution in [0.2, 0.25) is 0 Å². The van der Waals surface area contributed by atoms with E-state index in [2.05, 4.69) is 27.4 Å². The molecule has 0 aromatic carbocycles. The van der Waals surface area contributed by atoms with Gasteiger partial charge in [0.05, 0.1) is 12.0 Å². The van der Waals surface area contributed by atoms with E-state index in [0.717, 1.165) is 23.1 Å². The van der Waals surface area contributed by atoms with E-state index < -0.39 is 0 Å². The fraction of sp³-hybridized carbons (Fsp3) is 0.333. The van der Waals surface area contributed by atoms with Crippen LogP contribution in [-0.4, -0.2) is 5.71 Å². The standard InChI is InChI=1S/C12H15N3OS/c1-9(2)13-14-12-15(10(3)8-17-12)7-11-5-4-6-16-11/h4-6,8H,7H2,1-3H3/p+1. The Morgan fingerprint density at radius 1 is 1.53 bits per heavy atom. The summed E-state index contributed by atoms with van der Waals surface area (Å²) in [5.41, 5.74) is 5.27. The Bertz CT molecular complexity index is 510. The molecule has 0 spiro atoms. The number of furan rings is 1. The van der Waals surface area contributed by atoms with Crippen LogP contribution in [-0.2, 0) is 6.54 Å². The van der Waals surface area contributed by atoms with Crippen molar-refractivity contribution in [1.82, 2.24) is 0 Å². The monoisotopic (exact) mass is 250 g/mol. The third kappa shape index (κ3) is 2.94. The van der Waals surface area contributed by atoms with Crippen LogP contribution in [0.25, 0.3) is 0 Å². The van der Waals surface area contributed by atoms with Crippen LogP contribution >= 0.6 is 11.3 Å². The number of hydrogen-bond acceptors (Lipinski definition) is 4. The van der Waals surface area contributed by atoms with Crippen molar-refractivity contribution in [2.75, 3.05) is 5.43 Å². The van der Waals surface area contributed by atoms with Gasteiger partial charge in [0.1, 0.15) is 18.0 Å². The van der Waals surface area contributed by atoms with Gasteiger partial charge in [-0.1, -0.05) is 16.4 Å². The topological polar surface area (TPSA) is 41.4 Å². The molecule has 5 heteroatoms. The van der Waals surface area contributed by atoms with E-state index >= 15 is 0 Å². The van der Waals surface area contributed by atoms with E-state index in [1.807, 2.05) is 26.0 Å². The molecular formula is C12H16N3OS+. The summed E-state index contributed by atoms with van der Waals surface area (Å²) >= 11 is 1.64. The van der Waals surface area contributed by atoms with Crippen LogP contribution in [0.1, 0.15) is 25.3 Å². The molecule has 0 aliphatic rings. The number of thiazole rings is 1. The van der Waals surface area contributed by atoms with Gasteiger partial charge in [0.15, 0.2) is 0 Å². The van der Waals surface area contributed by atoms with E-state index in [0.29, 0.717) is 0 Å². The van der Waals surface area contributed by atoms with Gasteiger partial charge in [0, 0.05) is 5.38 Å². The first kappa shape index (κ1) is 11.9. The van der Waals surface area contributed by atoms with Crippen molar-refractivity contribution >= 4 is 22.2 Å². The molecular weight excluding hydrogens is 234 g/mol.